The van der Waals surface area contributed by atoms with Gasteiger partial charge in [-0.3, -0.25) is 4.98 Å². The number of H-pyrrole nitrogens is 1. The fraction of sp³-hybridized carbons (Fsp3) is 0.400. The number of fused-ring (bicyclic) bond motifs is 1. The minimum absolute atomic E-state index is 0.554. The number of aromatic amines is 1. The summed E-state index contributed by atoms with van der Waals surface area (Å²) in [6.45, 7) is 4.22. The molecule has 5 rings (SSSR count). The summed E-state index contributed by atoms with van der Waals surface area (Å²) >= 11 is 1.70. The molecule has 0 bridgehead atoms. The third-order valence-corrected chi connectivity index (χ3v) is 6.92. The van der Waals surface area contributed by atoms with Crippen molar-refractivity contribution in [3.8, 4) is 23.0 Å². The van der Waals surface area contributed by atoms with Gasteiger partial charge in [-0.15, -0.1) is 0 Å². The van der Waals surface area contributed by atoms with Crippen LogP contribution >= 0.6 is 11.3 Å². The number of rotatable bonds is 7. The highest BCUT2D eigenvalue weighted by molar-refractivity contribution is 7.22. The molecule has 0 saturated heterocycles. The molecule has 6 nitrogen and oxygen atoms in total. The lowest BCUT2D eigenvalue weighted by Gasteiger charge is -2.22. The van der Waals surface area contributed by atoms with E-state index in [-0.39, 0.29) is 0 Å². The molecule has 1 fully saturated rings. The van der Waals surface area contributed by atoms with Crippen molar-refractivity contribution in [1.82, 2.24) is 19.9 Å². The Kier molecular flexibility index (Phi) is 6.08. The van der Waals surface area contributed by atoms with Crippen LogP contribution in [-0.4, -0.2) is 26.0 Å². The van der Waals surface area contributed by atoms with Crippen LogP contribution in [0.15, 0.2) is 36.5 Å². The van der Waals surface area contributed by atoms with Gasteiger partial charge in [-0.1, -0.05) is 43.9 Å². The topological polar surface area (TPSA) is 75.7 Å². The number of benzene rings is 1. The van der Waals surface area contributed by atoms with Crippen molar-refractivity contribution in [3.05, 3.63) is 47.9 Å². The summed E-state index contributed by atoms with van der Waals surface area (Å²) < 4.78 is 7.30. The zero-order valence-corrected chi connectivity index (χ0v) is 19.5. The average Bonchev–Trinajstić information content (AvgIpc) is 3.37. The van der Waals surface area contributed by atoms with Crippen molar-refractivity contribution in [2.24, 2.45) is 0 Å². The first-order valence-corrected chi connectivity index (χ1v) is 12.4. The van der Waals surface area contributed by atoms with E-state index in [0.29, 0.717) is 6.04 Å². The zero-order chi connectivity index (χ0) is 21.9. The Morgan fingerprint density at radius 3 is 2.78 bits per heavy atom. The van der Waals surface area contributed by atoms with E-state index in [4.69, 9.17) is 14.7 Å². The van der Waals surface area contributed by atoms with Crippen LogP contribution in [0.3, 0.4) is 0 Å². The van der Waals surface area contributed by atoms with Crippen molar-refractivity contribution < 1.29 is 4.74 Å². The van der Waals surface area contributed by atoms with Crippen LogP contribution in [0.25, 0.3) is 21.7 Å². The van der Waals surface area contributed by atoms with E-state index < -0.39 is 0 Å². The van der Waals surface area contributed by atoms with Gasteiger partial charge in [0.2, 0.25) is 0 Å². The SMILES string of the molecule is CCCc1nc(-c2cc(Oc3ccc4nc(NC5CCCCC5)sc4c3)ccn2)[nH]c1C. The highest BCUT2D eigenvalue weighted by Crippen LogP contribution is 2.33. The molecule has 166 valence electrons. The third-order valence-electron chi connectivity index (χ3n) is 5.97. The Hall–Kier alpha value is -2.93. The van der Waals surface area contributed by atoms with Crippen molar-refractivity contribution in [2.75, 3.05) is 5.32 Å². The number of anilines is 1. The third kappa shape index (κ3) is 4.63. The zero-order valence-electron chi connectivity index (χ0n) is 18.6. The van der Waals surface area contributed by atoms with Crippen LogP contribution in [0, 0.1) is 6.92 Å². The molecule has 1 saturated carbocycles. The molecule has 2 N–H and O–H groups in total. The number of pyridine rings is 1. The molecule has 1 aromatic carbocycles. The van der Waals surface area contributed by atoms with Crippen LogP contribution in [0.1, 0.15) is 56.8 Å². The first-order chi connectivity index (χ1) is 15.7. The Labute approximate surface area is 192 Å². The van der Waals surface area contributed by atoms with Crippen molar-refractivity contribution in [1.29, 1.82) is 0 Å². The molecule has 32 heavy (non-hydrogen) atoms. The molecule has 3 heterocycles. The summed E-state index contributed by atoms with van der Waals surface area (Å²) in [7, 11) is 0. The van der Waals surface area contributed by atoms with E-state index in [1.165, 1.54) is 32.1 Å². The predicted molar refractivity (Wildman–Crippen MR) is 131 cm³/mol. The number of hydrogen-bond acceptors (Lipinski definition) is 6. The fourth-order valence-electron chi connectivity index (χ4n) is 4.29. The van der Waals surface area contributed by atoms with Gasteiger partial charge in [0, 0.05) is 30.1 Å². The molecular formula is C25H29N5OS. The summed E-state index contributed by atoms with van der Waals surface area (Å²) in [6, 6.07) is 10.4. The molecule has 0 spiro atoms. The summed E-state index contributed by atoms with van der Waals surface area (Å²) in [4.78, 5) is 17.3. The molecule has 7 heteroatoms. The monoisotopic (exact) mass is 447 g/mol. The van der Waals surface area contributed by atoms with Crippen LogP contribution in [0.4, 0.5) is 5.13 Å². The first kappa shape index (κ1) is 20.9. The van der Waals surface area contributed by atoms with Gasteiger partial charge in [0.05, 0.1) is 15.9 Å². The fourth-order valence-corrected chi connectivity index (χ4v) is 5.26. The number of nitrogens with one attached hydrogen (secondary N) is 2. The second-order valence-corrected chi connectivity index (χ2v) is 9.54. The van der Waals surface area contributed by atoms with Gasteiger partial charge in [-0.2, -0.15) is 0 Å². The lowest BCUT2D eigenvalue weighted by molar-refractivity contribution is 0.462. The molecule has 0 aliphatic heterocycles. The van der Waals surface area contributed by atoms with Crippen molar-refractivity contribution >= 4 is 26.7 Å². The highest BCUT2D eigenvalue weighted by Gasteiger charge is 2.15. The minimum Gasteiger partial charge on any atom is -0.457 e. The predicted octanol–water partition coefficient (Wildman–Crippen LogP) is 6.88. The van der Waals surface area contributed by atoms with Gasteiger partial charge in [0.25, 0.3) is 0 Å². The molecule has 0 unspecified atom stereocenters. The Balaban J connectivity index is 1.33. The summed E-state index contributed by atoms with van der Waals surface area (Å²) in [6.07, 6.45) is 10.3. The van der Waals surface area contributed by atoms with E-state index in [0.717, 1.165) is 62.6 Å². The number of ether oxygens (including phenoxy) is 1. The smallest absolute Gasteiger partial charge is 0.184 e. The molecular weight excluding hydrogens is 418 g/mol. The molecule has 0 amide bonds. The number of aryl methyl sites for hydroxylation is 2. The Morgan fingerprint density at radius 2 is 1.94 bits per heavy atom. The molecule has 4 aromatic rings. The van der Waals surface area contributed by atoms with Gasteiger partial charge < -0.3 is 15.0 Å². The van der Waals surface area contributed by atoms with E-state index >= 15 is 0 Å². The Bertz CT molecular complexity index is 1210. The van der Waals surface area contributed by atoms with Crippen molar-refractivity contribution in [2.45, 2.75) is 64.8 Å². The van der Waals surface area contributed by atoms with Crippen LogP contribution in [-0.2, 0) is 6.42 Å². The maximum Gasteiger partial charge on any atom is 0.184 e. The van der Waals surface area contributed by atoms with Crippen LogP contribution in [0.5, 0.6) is 11.5 Å². The summed E-state index contributed by atoms with van der Waals surface area (Å²) in [5.74, 6) is 2.32. The standard InChI is InChI=1S/C25H29N5OS/c1-3-7-20-16(2)27-24(29-20)22-14-19(12-13-26-22)31-18-10-11-21-23(15-18)32-25(30-21)28-17-8-5-4-6-9-17/h10-15,17H,3-9H2,1-2H3,(H,27,29)(H,28,30). The maximum absolute atomic E-state index is 6.17. The quantitative estimate of drug-likeness (QED) is 0.323. The van der Waals surface area contributed by atoms with Crippen molar-refractivity contribution in [3.63, 3.8) is 0 Å². The van der Waals surface area contributed by atoms with Gasteiger partial charge in [-0.05, 0) is 44.4 Å². The molecule has 0 atom stereocenters. The molecule has 3 aromatic heterocycles. The highest BCUT2D eigenvalue weighted by atomic mass is 32.1. The Morgan fingerprint density at radius 1 is 1.09 bits per heavy atom. The van der Waals surface area contributed by atoms with E-state index in [1.807, 2.05) is 24.3 Å². The minimum atomic E-state index is 0.554. The number of hydrogen-bond donors (Lipinski definition) is 2. The molecule has 0 radical (unpaired) electrons. The van der Waals surface area contributed by atoms with Crippen LogP contribution in [0.2, 0.25) is 0 Å². The van der Waals surface area contributed by atoms with Gasteiger partial charge in [0.1, 0.15) is 17.2 Å². The lowest BCUT2D eigenvalue weighted by atomic mass is 9.96. The van der Waals surface area contributed by atoms with Gasteiger partial charge in [0.15, 0.2) is 11.0 Å². The average molecular weight is 448 g/mol. The number of nitrogens with zero attached hydrogens (tertiary/aromatic N) is 3. The lowest BCUT2D eigenvalue weighted by Crippen LogP contribution is -2.21. The molecule has 1 aliphatic carbocycles. The number of aromatic nitrogens is 4. The summed E-state index contributed by atoms with van der Waals surface area (Å²) in [5, 5.41) is 4.63. The maximum atomic E-state index is 6.17. The van der Waals surface area contributed by atoms with Gasteiger partial charge >= 0.3 is 0 Å². The normalized spacial score (nSPS) is 14.7. The van der Waals surface area contributed by atoms with Crippen LogP contribution < -0.4 is 10.1 Å². The number of thiazole rings is 1. The summed E-state index contributed by atoms with van der Waals surface area (Å²) in [5.41, 5.74) is 3.99. The van der Waals surface area contributed by atoms with E-state index in [2.05, 4.69) is 35.2 Å². The molecule has 1 aliphatic rings. The number of imidazole rings is 1. The first-order valence-electron chi connectivity index (χ1n) is 11.5. The van der Waals surface area contributed by atoms with E-state index in [9.17, 15) is 0 Å². The van der Waals surface area contributed by atoms with Gasteiger partial charge in [-0.25, -0.2) is 9.97 Å². The second-order valence-electron chi connectivity index (χ2n) is 8.51. The van der Waals surface area contributed by atoms with E-state index in [1.54, 1.807) is 17.5 Å². The largest absolute Gasteiger partial charge is 0.457 e. The second kappa shape index (κ2) is 9.28.